The summed E-state index contributed by atoms with van der Waals surface area (Å²) in [6, 6.07) is 0.751. The van der Waals surface area contributed by atoms with Crippen LogP contribution in [0.1, 0.15) is 13.8 Å². The second-order valence-corrected chi connectivity index (χ2v) is 6.78. The molecule has 1 N–H and O–H groups in total. The maximum absolute atomic E-state index is 12.4. The van der Waals surface area contributed by atoms with Crippen LogP contribution in [0.3, 0.4) is 0 Å². The van der Waals surface area contributed by atoms with Crippen molar-refractivity contribution in [1.82, 2.24) is 20.0 Å². The number of nitrogens with zero attached hydrogens (tertiary/aromatic N) is 4. The summed E-state index contributed by atoms with van der Waals surface area (Å²) in [4.78, 5) is 16.7. The topological polar surface area (TPSA) is 53.4 Å². The Labute approximate surface area is 134 Å². The van der Waals surface area contributed by atoms with Crippen LogP contribution >= 0.6 is 15.9 Å². The van der Waals surface area contributed by atoms with Gasteiger partial charge in [0.2, 0.25) is 0 Å². The van der Waals surface area contributed by atoms with Crippen LogP contribution in [0.5, 0.6) is 0 Å². The van der Waals surface area contributed by atoms with E-state index in [1.807, 2.05) is 19.0 Å². The monoisotopic (exact) mass is 357 g/mol. The maximum atomic E-state index is 12.4. The van der Waals surface area contributed by atoms with Crippen molar-refractivity contribution in [3.8, 4) is 0 Å². The lowest BCUT2D eigenvalue weighted by molar-refractivity contribution is 0.366. The number of hydrogen-bond acceptors (Lipinski definition) is 5. The first kappa shape index (κ1) is 16.5. The fraction of sp³-hybridized carbons (Fsp3) is 0.714. The Morgan fingerprint density at radius 3 is 2.86 bits per heavy atom. The number of nitrogens with one attached hydrogen (secondary N) is 1. The van der Waals surface area contributed by atoms with Gasteiger partial charge in [-0.15, -0.1) is 0 Å². The molecule has 118 valence electrons. The van der Waals surface area contributed by atoms with Crippen molar-refractivity contribution in [3.05, 3.63) is 21.0 Å². The van der Waals surface area contributed by atoms with Gasteiger partial charge in [0.1, 0.15) is 4.47 Å². The summed E-state index contributed by atoms with van der Waals surface area (Å²) in [7, 11) is 3.97. The minimum atomic E-state index is -0.0623. The van der Waals surface area contributed by atoms with Crippen molar-refractivity contribution in [1.29, 1.82) is 0 Å². The van der Waals surface area contributed by atoms with Crippen molar-refractivity contribution in [3.63, 3.8) is 0 Å². The largest absolute Gasteiger partial charge is 0.364 e. The minimum Gasteiger partial charge on any atom is -0.364 e. The molecule has 0 saturated carbocycles. The predicted octanol–water partition coefficient (Wildman–Crippen LogP) is 0.754. The summed E-state index contributed by atoms with van der Waals surface area (Å²) in [5.74, 6) is 0. The number of anilines is 1. The Morgan fingerprint density at radius 1 is 1.48 bits per heavy atom. The van der Waals surface area contributed by atoms with Gasteiger partial charge in [-0.3, -0.25) is 4.79 Å². The Kier molecular flexibility index (Phi) is 5.40. The molecular formula is C14H24BrN5O. The van der Waals surface area contributed by atoms with E-state index in [2.05, 4.69) is 45.1 Å². The smallest absolute Gasteiger partial charge is 0.283 e. The van der Waals surface area contributed by atoms with Gasteiger partial charge in [-0.2, -0.15) is 5.10 Å². The van der Waals surface area contributed by atoms with E-state index in [0.29, 0.717) is 23.1 Å². The van der Waals surface area contributed by atoms with Gasteiger partial charge in [-0.05, 0) is 43.9 Å². The van der Waals surface area contributed by atoms with Crippen molar-refractivity contribution in [2.45, 2.75) is 32.5 Å². The molecule has 1 aromatic heterocycles. The Bertz CT molecular complexity index is 545. The van der Waals surface area contributed by atoms with Gasteiger partial charge in [0.05, 0.1) is 18.4 Å². The summed E-state index contributed by atoms with van der Waals surface area (Å²) in [5, 5.41) is 7.77. The van der Waals surface area contributed by atoms with Crippen LogP contribution < -0.4 is 15.8 Å². The Balaban J connectivity index is 2.25. The van der Waals surface area contributed by atoms with Crippen LogP contribution in [0.2, 0.25) is 0 Å². The van der Waals surface area contributed by atoms with Gasteiger partial charge < -0.3 is 15.1 Å². The number of piperazine rings is 1. The highest BCUT2D eigenvalue weighted by molar-refractivity contribution is 9.10. The zero-order chi connectivity index (χ0) is 15.6. The van der Waals surface area contributed by atoms with Crippen LogP contribution in [0.15, 0.2) is 15.5 Å². The third kappa shape index (κ3) is 3.84. The van der Waals surface area contributed by atoms with Crippen LogP contribution in [0.4, 0.5) is 5.69 Å². The fourth-order valence-corrected chi connectivity index (χ4v) is 3.00. The summed E-state index contributed by atoms with van der Waals surface area (Å²) >= 11 is 3.47. The molecule has 0 bridgehead atoms. The zero-order valence-corrected chi connectivity index (χ0v) is 14.7. The van der Waals surface area contributed by atoms with Crippen LogP contribution in [0.25, 0.3) is 0 Å². The van der Waals surface area contributed by atoms with Crippen LogP contribution in [-0.4, -0.2) is 60.5 Å². The highest BCUT2D eigenvalue weighted by Crippen LogP contribution is 2.25. The van der Waals surface area contributed by atoms with E-state index < -0.39 is 0 Å². The second-order valence-electron chi connectivity index (χ2n) is 5.99. The average Bonchev–Trinajstić information content (AvgIpc) is 2.43. The molecule has 0 aliphatic carbocycles. The lowest BCUT2D eigenvalue weighted by Gasteiger charge is -2.39. The standard InChI is InChI=1S/C14H24BrN5O/c1-10-9-19(11(2)7-16-10)12-8-17-20(6-5-18(3)4)14(21)13(12)15/h8,10-11,16H,5-7,9H2,1-4H3. The molecule has 1 fully saturated rings. The third-order valence-corrected chi connectivity index (χ3v) is 4.54. The Hall–Kier alpha value is -0.920. The summed E-state index contributed by atoms with van der Waals surface area (Å²) < 4.78 is 2.13. The van der Waals surface area contributed by atoms with E-state index in [1.165, 1.54) is 4.68 Å². The highest BCUT2D eigenvalue weighted by atomic mass is 79.9. The molecule has 7 heteroatoms. The first-order valence-electron chi connectivity index (χ1n) is 7.30. The molecule has 2 heterocycles. The molecular weight excluding hydrogens is 334 g/mol. The first-order valence-corrected chi connectivity index (χ1v) is 8.09. The lowest BCUT2D eigenvalue weighted by atomic mass is 10.1. The quantitative estimate of drug-likeness (QED) is 0.861. The SMILES string of the molecule is CC1CN(c2cnn(CCN(C)C)c(=O)c2Br)C(C)CN1. The molecule has 0 spiro atoms. The zero-order valence-electron chi connectivity index (χ0n) is 13.1. The summed E-state index contributed by atoms with van der Waals surface area (Å²) in [5.41, 5.74) is 0.828. The third-order valence-electron chi connectivity index (χ3n) is 3.80. The first-order chi connectivity index (χ1) is 9.90. The fourth-order valence-electron chi connectivity index (χ4n) is 2.47. The highest BCUT2D eigenvalue weighted by Gasteiger charge is 2.25. The molecule has 0 radical (unpaired) electrons. The van der Waals surface area contributed by atoms with Gasteiger partial charge in [0.15, 0.2) is 0 Å². The van der Waals surface area contributed by atoms with E-state index in [-0.39, 0.29) is 5.56 Å². The molecule has 1 saturated heterocycles. The summed E-state index contributed by atoms with van der Waals surface area (Å²) in [6.07, 6.45) is 1.80. The van der Waals surface area contributed by atoms with Crippen molar-refractivity contribution in [2.24, 2.45) is 0 Å². The minimum absolute atomic E-state index is 0.0623. The van der Waals surface area contributed by atoms with Crippen molar-refractivity contribution >= 4 is 21.6 Å². The van der Waals surface area contributed by atoms with Gasteiger partial charge in [0, 0.05) is 31.7 Å². The van der Waals surface area contributed by atoms with E-state index in [0.717, 1.165) is 25.3 Å². The molecule has 6 nitrogen and oxygen atoms in total. The van der Waals surface area contributed by atoms with E-state index in [1.54, 1.807) is 6.20 Å². The molecule has 1 aliphatic rings. The number of rotatable bonds is 4. The number of hydrogen-bond donors (Lipinski definition) is 1. The molecule has 2 atom stereocenters. The molecule has 1 aliphatic heterocycles. The van der Waals surface area contributed by atoms with Gasteiger partial charge in [0.25, 0.3) is 5.56 Å². The second kappa shape index (κ2) is 6.89. The van der Waals surface area contributed by atoms with Crippen LogP contribution in [-0.2, 0) is 6.54 Å². The molecule has 21 heavy (non-hydrogen) atoms. The molecule has 1 aromatic rings. The van der Waals surface area contributed by atoms with E-state index in [9.17, 15) is 4.79 Å². The number of halogens is 1. The van der Waals surface area contributed by atoms with Gasteiger partial charge >= 0.3 is 0 Å². The number of likely N-dealkylation sites (N-methyl/N-ethyl adjacent to an activating group) is 1. The van der Waals surface area contributed by atoms with Crippen LogP contribution in [0, 0.1) is 0 Å². The maximum Gasteiger partial charge on any atom is 0.283 e. The molecule has 0 aromatic carbocycles. The molecule has 2 rings (SSSR count). The van der Waals surface area contributed by atoms with E-state index >= 15 is 0 Å². The van der Waals surface area contributed by atoms with E-state index in [4.69, 9.17) is 0 Å². The predicted molar refractivity (Wildman–Crippen MR) is 89.0 cm³/mol. The normalized spacial score (nSPS) is 22.9. The van der Waals surface area contributed by atoms with Gasteiger partial charge in [-0.25, -0.2) is 4.68 Å². The molecule has 0 amide bonds. The Morgan fingerprint density at radius 2 is 2.19 bits per heavy atom. The lowest BCUT2D eigenvalue weighted by Crippen LogP contribution is -2.55. The van der Waals surface area contributed by atoms with Gasteiger partial charge in [-0.1, -0.05) is 0 Å². The summed E-state index contributed by atoms with van der Waals surface area (Å²) in [6.45, 7) is 7.49. The molecule has 2 unspecified atom stereocenters. The van der Waals surface area contributed by atoms with Crippen molar-refractivity contribution < 1.29 is 0 Å². The number of aromatic nitrogens is 2. The van der Waals surface area contributed by atoms with Crippen molar-refractivity contribution in [2.75, 3.05) is 38.6 Å². The average molecular weight is 358 g/mol.